The van der Waals surface area contributed by atoms with E-state index in [1.165, 1.54) is 0 Å². The Balaban J connectivity index is 1.83. The first-order valence-corrected chi connectivity index (χ1v) is 7.57. The second-order valence-electron chi connectivity index (χ2n) is 4.79. The standard InChI is InChI=1S/C16H12BrClO2/c17-11-3-8-15(18)14(9-11)16(19)10-1-4-12(5-2-10)20-13-6-7-13/h1-5,8-9,13H,6-7H2. The van der Waals surface area contributed by atoms with Crippen molar-refractivity contribution in [2.24, 2.45) is 0 Å². The molecule has 2 nitrogen and oxygen atoms in total. The van der Waals surface area contributed by atoms with Gasteiger partial charge in [-0.25, -0.2) is 0 Å². The van der Waals surface area contributed by atoms with Gasteiger partial charge in [-0.05, 0) is 55.3 Å². The highest BCUT2D eigenvalue weighted by Gasteiger charge is 2.23. The summed E-state index contributed by atoms with van der Waals surface area (Å²) in [6.45, 7) is 0. The van der Waals surface area contributed by atoms with E-state index in [4.69, 9.17) is 16.3 Å². The number of ether oxygens (including phenoxy) is 1. The van der Waals surface area contributed by atoms with Crippen molar-refractivity contribution in [3.8, 4) is 5.75 Å². The van der Waals surface area contributed by atoms with Gasteiger partial charge in [-0.15, -0.1) is 0 Å². The molecule has 0 saturated heterocycles. The molecule has 1 aliphatic rings. The molecule has 0 N–H and O–H groups in total. The van der Waals surface area contributed by atoms with Crippen molar-refractivity contribution >= 4 is 33.3 Å². The van der Waals surface area contributed by atoms with Crippen LogP contribution in [0.5, 0.6) is 5.75 Å². The summed E-state index contributed by atoms with van der Waals surface area (Å²) in [6.07, 6.45) is 2.60. The van der Waals surface area contributed by atoms with Crippen molar-refractivity contribution in [3.05, 3.63) is 63.1 Å². The third-order valence-electron chi connectivity index (χ3n) is 3.12. The predicted octanol–water partition coefficient (Wildman–Crippen LogP) is 4.87. The second kappa shape index (κ2) is 5.58. The fourth-order valence-corrected chi connectivity index (χ4v) is 2.45. The summed E-state index contributed by atoms with van der Waals surface area (Å²) in [5, 5.41) is 0.455. The van der Waals surface area contributed by atoms with Crippen LogP contribution in [0.25, 0.3) is 0 Å². The SMILES string of the molecule is O=C(c1ccc(OC2CC2)cc1)c1cc(Br)ccc1Cl. The number of hydrogen-bond acceptors (Lipinski definition) is 2. The van der Waals surface area contributed by atoms with Crippen LogP contribution in [-0.4, -0.2) is 11.9 Å². The number of benzene rings is 2. The number of hydrogen-bond donors (Lipinski definition) is 0. The molecule has 1 saturated carbocycles. The maximum absolute atomic E-state index is 12.4. The Bertz CT molecular complexity index is 648. The van der Waals surface area contributed by atoms with E-state index < -0.39 is 0 Å². The van der Waals surface area contributed by atoms with Gasteiger partial charge in [0.25, 0.3) is 0 Å². The second-order valence-corrected chi connectivity index (χ2v) is 6.12. The number of rotatable bonds is 4. The van der Waals surface area contributed by atoms with E-state index in [1.807, 2.05) is 18.2 Å². The van der Waals surface area contributed by atoms with Crippen molar-refractivity contribution in [2.45, 2.75) is 18.9 Å². The summed E-state index contributed by atoms with van der Waals surface area (Å²) >= 11 is 9.43. The van der Waals surface area contributed by atoms with Gasteiger partial charge in [-0.2, -0.15) is 0 Å². The summed E-state index contributed by atoms with van der Waals surface area (Å²) in [5.41, 5.74) is 1.10. The van der Waals surface area contributed by atoms with E-state index in [-0.39, 0.29) is 5.78 Å². The fourth-order valence-electron chi connectivity index (χ4n) is 1.89. The Morgan fingerprint density at radius 1 is 1.15 bits per heavy atom. The maximum Gasteiger partial charge on any atom is 0.194 e. The quantitative estimate of drug-likeness (QED) is 0.734. The van der Waals surface area contributed by atoms with Gasteiger partial charge in [-0.3, -0.25) is 4.79 Å². The average molecular weight is 352 g/mol. The fraction of sp³-hybridized carbons (Fsp3) is 0.188. The van der Waals surface area contributed by atoms with Crippen LogP contribution in [0, 0.1) is 0 Å². The molecular formula is C16H12BrClO2. The van der Waals surface area contributed by atoms with E-state index in [1.54, 1.807) is 24.3 Å². The van der Waals surface area contributed by atoms with Crippen molar-refractivity contribution in [3.63, 3.8) is 0 Å². The van der Waals surface area contributed by atoms with Crippen molar-refractivity contribution in [2.75, 3.05) is 0 Å². The first kappa shape index (κ1) is 13.7. The van der Waals surface area contributed by atoms with E-state index in [0.717, 1.165) is 23.1 Å². The third kappa shape index (κ3) is 3.05. The molecule has 1 aliphatic carbocycles. The van der Waals surface area contributed by atoms with Crippen LogP contribution in [0.4, 0.5) is 0 Å². The summed E-state index contributed by atoms with van der Waals surface area (Å²) < 4.78 is 6.50. The predicted molar refractivity (Wildman–Crippen MR) is 82.7 cm³/mol. The lowest BCUT2D eigenvalue weighted by atomic mass is 10.0. The molecule has 0 unspecified atom stereocenters. The van der Waals surface area contributed by atoms with Crippen molar-refractivity contribution in [1.82, 2.24) is 0 Å². The van der Waals surface area contributed by atoms with Gasteiger partial charge in [0.15, 0.2) is 5.78 Å². The normalized spacial score (nSPS) is 14.1. The molecule has 2 aromatic rings. The summed E-state index contributed by atoms with van der Waals surface area (Å²) in [5.74, 6) is 0.721. The van der Waals surface area contributed by atoms with Crippen molar-refractivity contribution < 1.29 is 9.53 Å². The first-order valence-electron chi connectivity index (χ1n) is 6.40. The van der Waals surface area contributed by atoms with E-state index >= 15 is 0 Å². The molecule has 3 rings (SSSR count). The van der Waals surface area contributed by atoms with Crippen LogP contribution < -0.4 is 4.74 Å². The lowest BCUT2D eigenvalue weighted by molar-refractivity contribution is 0.103. The number of carbonyl (C=O) groups excluding carboxylic acids is 1. The van der Waals surface area contributed by atoms with Gasteiger partial charge in [0, 0.05) is 15.6 Å². The van der Waals surface area contributed by atoms with Crippen LogP contribution in [0.2, 0.25) is 5.02 Å². The first-order chi connectivity index (χ1) is 9.63. The molecule has 0 bridgehead atoms. The molecule has 4 heteroatoms. The topological polar surface area (TPSA) is 26.3 Å². The largest absolute Gasteiger partial charge is 0.490 e. The Hall–Kier alpha value is -1.32. The van der Waals surface area contributed by atoms with Crippen LogP contribution in [0.15, 0.2) is 46.9 Å². The highest BCUT2D eigenvalue weighted by molar-refractivity contribution is 9.10. The van der Waals surface area contributed by atoms with Crippen LogP contribution >= 0.6 is 27.5 Å². The molecule has 20 heavy (non-hydrogen) atoms. The molecule has 0 spiro atoms. The van der Waals surface area contributed by atoms with Crippen LogP contribution in [-0.2, 0) is 0 Å². The van der Waals surface area contributed by atoms with Gasteiger partial charge in [0.1, 0.15) is 5.75 Å². The molecule has 0 heterocycles. The van der Waals surface area contributed by atoms with Gasteiger partial charge in [0.05, 0.1) is 11.1 Å². The Kier molecular flexibility index (Phi) is 3.81. The average Bonchev–Trinajstić information content (AvgIpc) is 3.26. The monoisotopic (exact) mass is 350 g/mol. The summed E-state index contributed by atoms with van der Waals surface area (Å²) in [7, 11) is 0. The van der Waals surface area contributed by atoms with Crippen molar-refractivity contribution in [1.29, 1.82) is 0 Å². The van der Waals surface area contributed by atoms with E-state index in [9.17, 15) is 4.79 Å². The molecule has 0 aliphatic heterocycles. The number of carbonyl (C=O) groups is 1. The van der Waals surface area contributed by atoms with Gasteiger partial charge in [0.2, 0.25) is 0 Å². The molecule has 102 valence electrons. The molecule has 0 atom stereocenters. The van der Waals surface area contributed by atoms with E-state index in [0.29, 0.717) is 22.3 Å². The molecule has 1 fully saturated rings. The minimum absolute atomic E-state index is 0.0886. The summed E-state index contributed by atoms with van der Waals surface area (Å²) in [6, 6.07) is 12.5. The molecular weight excluding hydrogens is 340 g/mol. The molecule has 0 aromatic heterocycles. The minimum Gasteiger partial charge on any atom is -0.490 e. The van der Waals surface area contributed by atoms with Gasteiger partial charge < -0.3 is 4.74 Å². The highest BCUT2D eigenvalue weighted by Crippen LogP contribution is 2.28. The van der Waals surface area contributed by atoms with E-state index in [2.05, 4.69) is 15.9 Å². The lowest BCUT2D eigenvalue weighted by Gasteiger charge is -2.07. The number of halogens is 2. The zero-order valence-electron chi connectivity index (χ0n) is 10.6. The Morgan fingerprint density at radius 3 is 2.50 bits per heavy atom. The van der Waals surface area contributed by atoms with Gasteiger partial charge >= 0.3 is 0 Å². The molecule has 0 radical (unpaired) electrons. The maximum atomic E-state index is 12.4. The Morgan fingerprint density at radius 2 is 1.85 bits per heavy atom. The molecule has 2 aromatic carbocycles. The number of ketones is 1. The highest BCUT2D eigenvalue weighted by atomic mass is 79.9. The summed E-state index contributed by atoms with van der Waals surface area (Å²) in [4.78, 5) is 12.4. The van der Waals surface area contributed by atoms with Crippen LogP contribution in [0.1, 0.15) is 28.8 Å². The van der Waals surface area contributed by atoms with Crippen LogP contribution in [0.3, 0.4) is 0 Å². The van der Waals surface area contributed by atoms with Gasteiger partial charge in [-0.1, -0.05) is 27.5 Å². The zero-order chi connectivity index (χ0) is 14.1. The third-order valence-corrected chi connectivity index (χ3v) is 3.94. The zero-order valence-corrected chi connectivity index (χ0v) is 12.9. The lowest BCUT2D eigenvalue weighted by Crippen LogP contribution is -2.03. The Labute approximate surface area is 130 Å². The molecule has 0 amide bonds. The smallest absolute Gasteiger partial charge is 0.194 e. The minimum atomic E-state index is -0.0886.